The van der Waals surface area contributed by atoms with Gasteiger partial charge in [-0.2, -0.15) is 0 Å². The highest BCUT2D eigenvalue weighted by atomic mass is 16.5. The number of rotatable bonds is 7. The molecule has 1 aliphatic carbocycles. The van der Waals surface area contributed by atoms with Crippen LogP contribution in [0.4, 0.5) is 5.69 Å². The topological polar surface area (TPSA) is 74.8 Å². The van der Waals surface area contributed by atoms with Crippen molar-refractivity contribution < 1.29 is 9.53 Å². The molecule has 30 heavy (non-hydrogen) atoms. The lowest BCUT2D eigenvalue weighted by molar-refractivity contribution is -0.116. The summed E-state index contributed by atoms with van der Waals surface area (Å²) in [6.45, 7) is 2.08. The third-order valence-electron chi connectivity index (χ3n) is 6.15. The molecular weight excluding hydrogens is 376 g/mol. The number of guanidine groups is 1. The van der Waals surface area contributed by atoms with Gasteiger partial charge in [-0.25, -0.2) is 0 Å². The average molecular weight is 407 g/mol. The molecule has 0 aromatic heterocycles. The van der Waals surface area contributed by atoms with Crippen molar-refractivity contribution >= 4 is 17.6 Å². The SMILES string of the molecule is CN=C(NCCOc1ccc2c(c1)CCC(=O)N2)NCC1(c2ccccc2)CCC1. The van der Waals surface area contributed by atoms with Gasteiger partial charge >= 0.3 is 0 Å². The zero-order valence-electron chi connectivity index (χ0n) is 17.5. The molecule has 1 fully saturated rings. The van der Waals surface area contributed by atoms with Crippen LogP contribution in [0.2, 0.25) is 0 Å². The van der Waals surface area contributed by atoms with Gasteiger partial charge in [-0.1, -0.05) is 36.8 Å². The number of hydrogen-bond acceptors (Lipinski definition) is 3. The number of nitrogens with zero attached hydrogens (tertiary/aromatic N) is 1. The molecule has 0 saturated heterocycles. The van der Waals surface area contributed by atoms with E-state index < -0.39 is 0 Å². The first-order valence-corrected chi connectivity index (χ1v) is 10.7. The van der Waals surface area contributed by atoms with E-state index in [1.165, 1.54) is 24.8 Å². The molecular formula is C24H30N4O2. The molecule has 4 rings (SSSR count). The number of aliphatic imine (C=N–C) groups is 1. The standard InChI is InChI=1S/C24H30N4O2/c1-25-23(27-17-24(12-5-13-24)19-6-3-2-4-7-19)26-14-15-30-20-9-10-21-18(16-20)8-11-22(29)28-21/h2-4,6-7,9-10,16H,5,8,11-15,17H2,1H3,(H,28,29)(H2,25,26,27). The lowest BCUT2D eigenvalue weighted by Gasteiger charge is -2.43. The number of hydrogen-bond donors (Lipinski definition) is 3. The third kappa shape index (κ3) is 4.58. The third-order valence-corrected chi connectivity index (χ3v) is 6.15. The van der Waals surface area contributed by atoms with E-state index in [1.54, 1.807) is 7.05 Å². The number of ether oxygens (including phenoxy) is 1. The number of fused-ring (bicyclic) bond motifs is 1. The minimum Gasteiger partial charge on any atom is -0.492 e. The Bertz CT molecular complexity index is 907. The summed E-state index contributed by atoms with van der Waals surface area (Å²) < 4.78 is 5.88. The zero-order chi connectivity index (χ0) is 20.8. The van der Waals surface area contributed by atoms with Gasteiger partial charge in [-0.05, 0) is 48.6 Å². The number of benzene rings is 2. The summed E-state index contributed by atoms with van der Waals surface area (Å²) in [5.74, 6) is 1.70. The molecule has 2 aromatic rings. The van der Waals surface area contributed by atoms with Crippen LogP contribution >= 0.6 is 0 Å². The molecule has 1 saturated carbocycles. The Morgan fingerprint density at radius 3 is 2.70 bits per heavy atom. The molecule has 3 N–H and O–H groups in total. The van der Waals surface area contributed by atoms with Crippen molar-refractivity contribution in [2.24, 2.45) is 4.99 Å². The summed E-state index contributed by atoms with van der Waals surface area (Å²) in [7, 11) is 1.80. The van der Waals surface area contributed by atoms with Crippen LogP contribution in [0, 0.1) is 0 Å². The fraction of sp³-hybridized carbons (Fsp3) is 0.417. The number of aryl methyl sites for hydroxylation is 1. The fourth-order valence-electron chi connectivity index (χ4n) is 4.22. The van der Waals surface area contributed by atoms with Crippen LogP contribution in [0.5, 0.6) is 5.75 Å². The maximum atomic E-state index is 11.5. The molecule has 0 unspecified atom stereocenters. The Labute approximate surface area is 178 Å². The van der Waals surface area contributed by atoms with Crippen LogP contribution in [0.25, 0.3) is 0 Å². The number of carbonyl (C=O) groups excluding carboxylic acids is 1. The minimum absolute atomic E-state index is 0.0789. The van der Waals surface area contributed by atoms with Crippen molar-refractivity contribution in [3.05, 3.63) is 59.7 Å². The summed E-state index contributed by atoms with van der Waals surface area (Å²) in [5, 5.41) is 9.73. The van der Waals surface area contributed by atoms with Crippen molar-refractivity contribution in [1.82, 2.24) is 10.6 Å². The summed E-state index contributed by atoms with van der Waals surface area (Å²) in [5.41, 5.74) is 3.65. The molecule has 1 heterocycles. The van der Waals surface area contributed by atoms with Crippen molar-refractivity contribution in [3.8, 4) is 5.75 Å². The summed E-state index contributed by atoms with van der Waals surface area (Å²) in [4.78, 5) is 15.8. The van der Waals surface area contributed by atoms with Crippen LogP contribution in [-0.2, 0) is 16.6 Å². The molecule has 1 amide bonds. The highest BCUT2D eigenvalue weighted by Crippen LogP contribution is 2.43. The van der Waals surface area contributed by atoms with E-state index in [-0.39, 0.29) is 11.3 Å². The second-order valence-electron chi connectivity index (χ2n) is 8.07. The van der Waals surface area contributed by atoms with Crippen LogP contribution in [-0.4, -0.2) is 38.6 Å². The van der Waals surface area contributed by atoms with Crippen molar-refractivity contribution in [2.45, 2.75) is 37.5 Å². The van der Waals surface area contributed by atoms with Crippen molar-refractivity contribution in [1.29, 1.82) is 0 Å². The number of carbonyl (C=O) groups is 1. The quantitative estimate of drug-likeness (QED) is 0.375. The van der Waals surface area contributed by atoms with E-state index in [9.17, 15) is 4.79 Å². The fourth-order valence-corrected chi connectivity index (χ4v) is 4.22. The van der Waals surface area contributed by atoms with Gasteiger partial charge in [-0.15, -0.1) is 0 Å². The van der Waals surface area contributed by atoms with Gasteiger partial charge < -0.3 is 20.7 Å². The van der Waals surface area contributed by atoms with E-state index in [4.69, 9.17) is 4.74 Å². The summed E-state index contributed by atoms with van der Waals surface area (Å²) in [6.07, 6.45) is 4.99. The molecule has 0 bridgehead atoms. The summed E-state index contributed by atoms with van der Waals surface area (Å²) in [6, 6.07) is 16.6. The minimum atomic E-state index is 0.0789. The van der Waals surface area contributed by atoms with E-state index in [0.29, 0.717) is 19.6 Å². The highest BCUT2D eigenvalue weighted by Gasteiger charge is 2.38. The van der Waals surface area contributed by atoms with E-state index in [1.807, 2.05) is 18.2 Å². The lowest BCUT2D eigenvalue weighted by atomic mass is 9.64. The molecule has 0 radical (unpaired) electrons. The number of nitrogens with one attached hydrogen (secondary N) is 3. The van der Waals surface area contributed by atoms with Crippen LogP contribution in [0.15, 0.2) is 53.5 Å². The largest absolute Gasteiger partial charge is 0.492 e. The Morgan fingerprint density at radius 1 is 1.13 bits per heavy atom. The Hall–Kier alpha value is -3.02. The molecule has 6 nitrogen and oxygen atoms in total. The number of anilines is 1. The molecule has 158 valence electrons. The second kappa shape index (κ2) is 9.20. The van der Waals surface area contributed by atoms with Gasteiger partial charge in [0.25, 0.3) is 0 Å². The molecule has 2 aromatic carbocycles. The number of amides is 1. The molecule has 1 aliphatic heterocycles. The maximum Gasteiger partial charge on any atom is 0.224 e. The highest BCUT2D eigenvalue weighted by molar-refractivity contribution is 5.94. The van der Waals surface area contributed by atoms with Gasteiger partial charge in [0.2, 0.25) is 5.91 Å². The van der Waals surface area contributed by atoms with Gasteiger partial charge in [0, 0.05) is 31.1 Å². The van der Waals surface area contributed by atoms with Crippen LogP contribution in [0.3, 0.4) is 0 Å². The zero-order valence-corrected chi connectivity index (χ0v) is 17.5. The molecule has 0 atom stereocenters. The van der Waals surface area contributed by atoms with E-state index >= 15 is 0 Å². The maximum absolute atomic E-state index is 11.5. The van der Waals surface area contributed by atoms with Gasteiger partial charge in [0.15, 0.2) is 5.96 Å². The van der Waals surface area contributed by atoms with E-state index in [2.05, 4.69) is 51.3 Å². The lowest BCUT2D eigenvalue weighted by Crippen LogP contribution is -2.49. The first-order valence-electron chi connectivity index (χ1n) is 10.7. The van der Waals surface area contributed by atoms with E-state index in [0.717, 1.165) is 35.9 Å². The summed E-state index contributed by atoms with van der Waals surface area (Å²) >= 11 is 0. The molecule has 0 spiro atoms. The molecule has 2 aliphatic rings. The Balaban J connectivity index is 1.23. The van der Waals surface area contributed by atoms with Gasteiger partial charge in [0.1, 0.15) is 12.4 Å². The van der Waals surface area contributed by atoms with Gasteiger partial charge in [0.05, 0.1) is 6.54 Å². The Kier molecular flexibility index (Phi) is 6.21. The average Bonchev–Trinajstić information content (AvgIpc) is 2.75. The van der Waals surface area contributed by atoms with Crippen molar-refractivity contribution in [3.63, 3.8) is 0 Å². The first-order chi connectivity index (χ1) is 14.7. The first kappa shape index (κ1) is 20.3. The smallest absolute Gasteiger partial charge is 0.224 e. The van der Waals surface area contributed by atoms with Crippen LogP contribution < -0.4 is 20.7 Å². The van der Waals surface area contributed by atoms with Crippen molar-refractivity contribution in [2.75, 3.05) is 32.1 Å². The molecule has 6 heteroatoms. The predicted molar refractivity (Wildman–Crippen MR) is 120 cm³/mol. The normalized spacial score (nSPS) is 17.4. The second-order valence-corrected chi connectivity index (χ2v) is 8.07. The van der Waals surface area contributed by atoms with Gasteiger partial charge in [-0.3, -0.25) is 9.79 Å². The Morgan fingerprint density at radius 2 is 1.97 bits per heavy atom. The predicted octanol–water partition coefficient (Wildman–Crippen LogP) is 3.24. The van der Waals surface area contributed by atoms with Crippen LogP contribution in [0.1, 0.15) is 36.8 Å². The monoisotopic (exact) mass is 406 g/mol.